The van der Waals surface area contributed by atoms with Crippen LogP contribution in [0, 0.1) is 6.92 Å². The number of carbonyl (C=O) groups excluding carboxylic acids is 1. The molecule has 2 rings (SSSR count). The molecule has 0 aliphatic heterocycles. The van der Waals surface area contributed by atoms with Crippen molar-refractivity contribution in [2.24, 2.45) is 5.10 Å². The number of rotatable bonds is 9. The van der Waals surface area contributed by atoms with Crippen molar-refractivity contribution in [1.82, 2.24) is 5.43 Å². The zero-order chi connectivity index (χ0) is 22.3. The number of nitrogens with one attached hydrogen (secondary N) is 1. The number of anilines is 2. The molecule has 0 heterocycles. The van der Waals surface area contributed by atoms with E-state index in [0.29, 0.717) is 10.7 Å². The molecule has 0 atom stereocenters. The SMILES string of the molecule is CCN(CC)c1ccc(/C=N\NC(=O)CN(c2ccc(C)c(Cl)c2)S(C)(=O)=O)cc1. The zero-order valence-electron chi connectivity index (χ0n) is 17.6. The molecule has 9 heteroatoms. The Balaban J connectivity index is 2.04. The van der Waals surface area contributed by atoms with Gasteiger partial charge in [-0.15, -0.1) is 0 Å². The van der Waals surface area contributed by atoms with E-state index in [1.807, 2.05) is 31.2 Å². The molecule has 0 radical (unpaired) electrons. The number of amides is 1. The molecule has 0 saturated carbocycles. The lowest BCUT2D eigenvalue weighted by Gasteiger charge is -2.21. The van der Waals surface area contributed by atoms with Crippen molar-refractivity contribution in [2.45, 2.75) is 20.8 Å². The summed E-state index contributed by atoms with van der Waals surface area (Å²) in [5.41, 5.74) is 5.43. The normalized spacial score (nSPS) is 11.5. The second-order valence-corrected chi connectivity index (χ2v) is 9.07. The molecule has 0 bridgehead atoms. The van der Waals surface area contributed by atoms with E-state index >= 15 is 0 Å². The lowest BCUT2D eigenvalue weighted by Crippen LogP contribution is -2.39. The van der Waals surface area contributed by atoms with Gasteiger partial charge in [0.15, 0.2) is 0 Å². The molecule has 162 valence electrons. The Hall–Kier alpha value is -2.58. The van der Waals surface area contributed by atoms with E-state index in [4.69, 9.17) is 11.6 Å². The van der Waals surface area contributed by atoms with Gasteiger partial charge in [0.05, 0.1) is 18.2 Å². The number of halogens is 1. The summed E-state index contributed by atoms with van der Waals surface area (Å²) < 4.78 is 25.3. The van der Waals surface area contributed by atoms with Crippen molar-refractivity contribution < 1.29 is 13.2 Å². The molecule has 1 N–H and O–H groups in total. The van der Waals surface area contributed by atoms with Crippen LogP contribution in [0.5, 0.6) is 0 Å². The molecule has 0 aliphatic carbocycles. The first-order valence-electron chi connectivity index (χ1n) is 9.56. The maximum absolute atomic E-state index is 12.3. The number of benzene rings is 2. The highest BCUT2D eigenvalue weighted by atomic mass is 35.5. The van der Waals surface area contributed by atoms with E-state index in [9.17, 15) is 13.2 Å². The first-order chi connectivity index (χ1) is 14.2. The largest absolute Gasteiger partial charge is 0.372 e. The molecule has 0 spiro atoms. The number of sulfonamides is 1. The molecule has 0 saturated heterocycles. The molecule has 30 heavy (non-hydrogen) atoms. The first kappa shape index (κ1) is 23.7. The van der Waals surface area contributed by atoms with Crippen LogP contribution in [0.2, 0.25) is 5.02 Å². The summed E-state index contributed by atoms with van der Waals surface area (Å²) in [4.78, 5) is 14.5. The van der Waals surface area contributed by atoms with Gasteiger partial charge in [-0.05, 0) is 56.2 Å². The van der Waals surface area contributed by atoms with Gasteiger partial charge in [-0.25, -0.2) is 13.8 Å². The number of hydrogen-bond acceptors (Lipinski definition) is 5. The van der Waals surface area contributed by atoms with E-state index in [0.717, 1.165) is 40.5 Å². The molecule has 7 nitrogen and oxygen atoms in total. The number of nitrogens with zero attached hydrogens (tertiary/aromatic N) is 3. The van der Waals surface area contributed by atoms with Gasteiger partial charge in [-0.1, -0.05) is 29.8 Å². The lowest BCUT2D eigenvalue weighted by molar-refractivity contribution is -0.119. The third kappa shape index (κ3) is 6.47. The van der Waals surface area contributed by atoms with E-state index in [2.05, 4.69) is 29.3 Å². The van der Waals surface area contributed by atoms with Crippen LogP contribution in [-0.2, 0) is 14.8 Å². The summed E-state index contributed by atoms with van der Waals surface area (Å²) >= 11 is 6.10. The molecule has 1 amide bonds. The standard InChI is InChI=1S/C21H27ClN4O3S/c1-5-25(6-2)18-11-8-17(9-12-18)14-23-24-21(27)15-26(30(4,28)29)19-10-7-16(3)20(22)13-19/h7-14H,5-6,15H2,1-4H3,(H,24,27)/b23-14-. The van der Waals surface area contributed by atoms with Gasteiger partial charge in [0.1, 0.15) is 6.54 Å². The lowest BCUT2D eigenvalue weighted by atomic mass is 10.2. The topological polar surface area (TPSA) is 82.1 Å². The van der Waals surface area contributed by atoms with Gasteiger partial charge in [-0.3, -0.25) is 9.10 Å². The molecule has 0 aliphatic rings. The minimum absolute atomic E-state index is 0.319. The van der Waals surface area contributed by atoms with Crippen LogP contribution in [0.3, 0.4) is 0 Å². The van der Waals surface area contributed by atoms with Crippen LogP contribution in [0.4, 0.5) is 11.4 Å². The number of hydrogen-bond donors (Lipinski definition) is 1. The summed E-state index contributed by atoms with van der Waals surface area (Å²) in [7, 11) is -3.68. The average Bonchev–Trinajstić information content (AvgIpc) is 2.69. The summed E-state index contributed by atoms with van der Waals surface area (Å²) in [5, 5.41) is 4.35. The number of aryl methyl sites for hydroxylation is 1. The Labute approximate surface area is 183 Å². The van der Waals surface area contributed by atoms with Crippen molar-refractivity contribution in [1.29, 1.82) is 0 Å². The maximum atomic E-state index is 12.3. The zero-order valence-corrected chi connectivity index (χ0v) is 19.2. The highest BCUT2D eigenvalue weighted by Crippen LogP contribution is 2.24. The van der Waals surface area contributed by atoms with Crippen molar-refractivity contribution in [3.8, 4) is 0 Å². The molecule has 0 fully saturated rings. The molecular weight excluding hydrogens is 424 g/mol. The fourth-order valence-electron chi connectivity index (χ4n) is 2.84. The van der Waals surface area contributed by atoms with Crippen molar-refractivity contribution in [2.75, 3.05) is 35.1 Å². The number of carbonyl (C=O) groups is 1. The van der Waals surface area contributed by atoms with Crippen LogP contribution >= 0.6 is 11.6 Å². The molecular formula is C21H27ClN4O3S. The van der Waals surface area contributed by atoms with Crippen LogP contribution in [0.25, 0.3) is 0 Å². The second-order valence-electron chi connectivity index (χ2n) is 6.76. The summed E-state index contributed by atoms with van der Waals surface area (Å²) in [5.74, 6) is -0.562. The Morgan fingerprint density at radius 3 is 2.23 bits per heavy atom. The van der Waals surface area contributed by atoms with Gasteiger partial charge in [0, 0.05) is 23.8 Å². The van der Waals surface area contributed by atoms with Crippen LogP contribution < -0.4 is 14.6 Å². The van der Waals surface area contributed by atoms with Crippen molar-refractivity contribution in [3.05, 3.63) is 58.6 Å². The highest BCUT2D eigenvalue weighted by molar-refractivity contribution is 7.92. The van der Waals surface area contributed by atoms with E-state index in [1.165, 1.54) is 12.3 Å². The minimum atomic E-state index is -3.68. The third-order valence-corrected chi connectivity index (χ3v) is 6.10. The highest BCUT2D eigenvalue weighted by Gasteiger charge is 2.21. The van der Waals surface area contributed by atoms with E-state index in [1.54, 1.807) is 12.1 Å². The summed E-state index contributed by atoms with van der Waals surface area (Å²) in [6.07, 6.45) is 2.55. The van der Waals surface area contributed by atoms with Gasteiger partial charge in [0.2, 0.25) is 10.0 Å². The minimum Gasteiger partial charge on any atom is -0.372 e. The summed E-state index contributed by atoms with van der Waals surface area (Å²) in [6.45, 7) is 7.44. The average molecular weight is 451 g/mol. The smallest absolute Gasteiger partial charge is 0.260 e. The Bertz CT molecular complexity index is 1000. The van der Waals surface area contributed by atoms with Crippen molar-refractivity contribution >= 4 is 45.1 Å². The quantitative estimate of drug-likeness (QED) is 0.468. The predicted molar refractivity (Wildman–Crippen MR) is 124 cm³/mol. The molecule has 0 unspecified atom stereocenters. The first-order valence-corrected chi connectivity index (χ1v) is 11.8. The fraction of sp³-hybridized carbons (Fsp3) is 0.333. The predicted octanol–water partition coefficient (Wildman–Crippen LogP) is 3.41. The van der Waals surface area contributed by atoms with Gasteiger partial charge in [-0.2, -0.15) is 5.10 Å². The van der Waals surface area contributed by atoms with Gasteiger partial charge >= 0.3 is 0 Å². The fourth-order valence-corrected chi connectivity index (χ4v) is 3.86. The Morgan fingerprint density at radius 2 is 1.70 bits per heavy atom. The third-order valence-electron chi connectivity index (χ3n) is 4.56. The van der Waals surface area contributed by atoms with Crippen molar-refractivity contribution in [3.63, 3.8) is 0 Å². The van der Waals surface area contributed by atoms with Crippen LogP contribution in [0.15, 0.2) is 47.6 Å². The molecule has 2 aromatic carbocycles. The van der Waals surface area contributed by atoms with E-state index < -0.39 is 22.5 Å². The monoisotopic (exact) mass is 450 g/mol. The summed E-state index contributed by atoms with van der Waals surface area (Å²) in [6, 6.07) is 12.6. The molecule has 2 aromatic rings. The maximum Gasteiger partial charge on any atom is 0.260 e. The number of hydrazone groups is 1. The van der Waals surface area contributed by atoms with Crippen LogP contribution in [0.1, 0.15) is 25.0 Å². The van der Waals surface area contributed by atoms with Gasteiger partial charge in [0.25, 0.3) is 5.91 Å². The van der Waals surface area contributed by atoms with Gasteiger partial charge < -0.3 is 4.90 Å². The Kier molecular flexibility index (Phi) is 8.25. The molecule has 0 aromatic heterocycles. The van der Waals surface area contributed by atoms with E-state index in [-0.39, 0.29) is 0 Å². The second kappa shape index (κ2) is 10.4. The Morgan fingerprint density at radius 1 is 1.10 bits per heavy atom. The van der Waals surface area contributed by atoms with Crippen LogP contribution in [-0.4, -0.2) is 46.4 Å².